The first-order chi connectivity index (χ1) is 14.3. The van der Waals surface area contributed by atoms with Crippen LogP contribution >= 0.6 is 11.3 Å². The molecule has 0 N–H and O–H groups in total. The molecular weight excluding hydrogens is 386 g/mol. The molecule has 3 aromatic carbocycles. The Kier molecular flexibility index (Phi) is 4.30. The van der Waals surface area contributed by atoms with Gasteiger partial charge in [0, 0.05) is 0 Å². The van der Waals surface area contributed by atoms with Crippen molar-refractivity contribution >= 4 is 32.6 Å². The standard InChI is InChI=1S/C26H26N3S/c1-17-14-24-21(27-16-30-24)15-20(17)25-28(5)22-8-6-7-9-23(22)29(25)19-12-10-18(11-13-19)26(2,3)4/h6-16H,1-5H3/q+1. The zero-order valence-electron chi connectivity index (χ0n) is 18.1. The minimum absolute atomic E-state index is 0.136. The molecule has 2 heterocycles. The molecule has 0 aliphatic rings. The van der Waals surface area contributed by atoms with Crippen LogP contribution in [0.5, 0.6) is 0 Å². The Hall–Kier alpha value is -2.98. The highest BCUT2D eigenvalue weighted by Gasteiger charge is 2.27. The third kappa shape index (κ3) is 2.94. The molecule has 0 radical (unpaired) electrons. The van der Waals surface area contributed by atoms with E-state index in [0.717, 1.165) is 5.52 Å². The maximum absolute atomic E-state index is 4.57. The number of benzene rings is 3. The van der Waals surface area contributed by atoms with Gasteiger partial charge in [-0.2, -0.15) is 4.57 Å². The van der Waals surface area contributed by atoms with Gasteiger partial charge in [0.1, 0.15) is 5.69 Å². The van der Waals surface area contributed by atoms with Gasteiger partial charge >= 0.3 is 0 Å². The summed E-state index contributed by atoms with van der Waals surface area (Å²) < 4.78 is 5.91. The average Bonchev–Trinajstić information content (AvgIpc) is 3.29. The Morgan fingerprint density at radius 3 is 2.43 bits per heavy atom. The summed E-state index contributed by atoms with van der Waals surface area (Å²) in [6.07, 6.45) is 0. The molecule has 0 atom stereocenters. The van der Waals surface area contributed by atoms with Crippen molar-refractivity contribution in [3.05, 3.63) is 77.3 Å². The number of hydrogen-bond acceptors (Lipinski definition) is 2. The van der Waals surface area contributed by atoms with E-state index in [4.69, 9.17) is 0 Å². The lowest BCUT2D eigenvalue weighted by Gasteiger charge is -2.18. The normalized spacial score (nSPS) is 12.2. The van der Waals surface area contributed by atoms with E-state index in [9.17, 15) is 0 Å². The summed E-state index contributed by atoms with van der Waals surface area (Å²) in [5.74, 6) is 1.17. The maximum atomic E-state index is 4.57. The number of imidazole rings is 1. The monoisotopic (exact) mass is 412 g/mol. The molecule has 0 fully saturated rings. The average molecular weight is 413 g/mol. The topological polar surface area (TPSA) is 21.7 Å². The number of thiazole rings is 1. The second-order valence-electron chi connectivity index (χ2n) is 8.99. The molecule has 0 aliphatic heterocycles. The van der Waals surface area contributed by atoms with Crippen LogP contribution in [-0.2, 0) is 12.5 Å². The summed E-state index contributed by atoms with van der Waals surface area (Å²) in [5.41, 5.74) is 10.5. The van der Waals surface area contributed by atoms with Gasteiger partial charge < -0.3 is 0 Å². The SMILES string of the molecule is Cc1cc2scnc2cc1-c1n(-c2ccc(C(C)(C)C)cc2)c2ccccc2[n+]1C. The van der Waals surface area contributed by atoms with Gasteiger partial charge in [0.2, 0.25) is 0 Å². The molecule has 0 bridgehead atoms. The van der Waals surface area contributed by atoms with Crippen LogP contribution in [-0.4, -0.2) is 9.55 Å². The zero-order valence-corrected chi connectivity index (χ0v) is 18.9. The summed E-state index contributed by atoms with van der Waals surface area (Å²) in [7, 11) is 2.16. The first-order valence-corrected chi connectivity index (χ1v) is 11.2. The van der Waals surface area contributed by atoms with Crippen LogP contribution in [0.2, 0.25) is 0 Å². The smallest absolute Gasteiger partial charge is 0.245 e. The van der Waals surface area contributed by atoms with Crippen LogP contribution in [0.4, 0.5) is 0 Å². The van der Waals surface area contributed by atoms with Gasteiger partial charge in [-0.05, 0) is 59.9 Å². The van der Waals surface area contributed by atoms with Gasteiger partial charge in [-0.15, -0.1) is 11.3 Å². The molecule has 3 nitrogen and oxygen atoms in total. The van der Waals surface area contributed by atoms with E-state index < -0.39 is 0 Å². The van der Waals surface area contributed by atoms with E-state index in [1.54, 1.807) is 11.3 Å². The van der Waals surface area contributed by atoms with Crippen LogP contribution in [0.15, 0.2) is 66.2 Å². The fraction of sp³-hybridized carbons (Fsp3) is 0.231. The predicted octanol–water partition coefficient (Wildman–Crippen LogP) is 6.34. The van der Waals surface area contributed by atoms with Crippen molar-refractivity contribution in [2.24, 2.45) is 7.05 Å². The molecule has 2 aromatic heterocycles. The largest absolute Gasteiger partial charge is 0.295 e. The third-order valence-electron chi connectivity index (χ3n) is 5.92. The van der Waals surface area contributed by atoms with Crippen LogP contribution in [0.25, 0.3) is 38.3 Å². The molecule has 0 aliphatic carbocycles. The van der Waals surface area contributed by atoms with Crippen molar-refractivity contribution < 1.29 is 4.57 Å². The molecule has 5 rings (SSSR count). The number of rotatable bonds is 2. The van der Waals surface area contributed by atoms with E-state index in [1.165, 1.54) is 43.9 Å². The first kappa shape index (κ1) is 19.0. The van der Waals surface area contributed by atoms with E-state index in [2.05, 4.69) is 110 Å². The lowest BCUT2D eigenvalue weighted by molar-refractivity contribution is -0.633. The second kappa shape index (κ2) is 6.78. The lowest BCUT2D eigenvalue weighted by atomic mass is 9.87. The predicted molar refractivity (Wildman–Crippen MR) is 127 cm³/mol. The van der Waals surface area contributed by atoms with Crippen molar-refractivity contribution in [3.63, 3.8) is 0 Å². The van der Waals surface area contributed by atoms with Crippen LogP contribution in [0.1, 0.15) is 31.9 Å². The highest BCUT2D eigenvalue weighted by molar-refractivity contribution is 7.16. The first-order valence-electron chi connectivity index (χ1n) is 10.3. The summed E-state index contributed by atoms with van der Waals surface area (Å²) in [6, 6.07) is 22.1. The second-order valence-corrected chi connectivity index (χ2v) is 9.88. The van der Waals surface area contributed by atoms with Crippen molar-refractivity contribution in [2.45, 2.75) is 33.1 Å². The number of nitrogens with zero attached hydrogens (tertiary/aromatic N) is 3. The van der Waals surface area contributed by atoms with E-state index in [1.807, 2.05) is 5.51 Å². The summed E-state index contributed by atoms with van der Waals surface area (Å²) in [4.78, 5) is 4.57. The number of aryl methyl sites for hydroxylation is 2. The van der Waals surface area contributed by atoms with Gasteiger partial charge in [-0.1, -0.05) is 45.0 Å². The number of fused-ring (bicyclic) bond motifs is 2. The molecule has 5 aromatic rings. The molecule has 0 spiro atoms. The molecule has 0 saturated carbocycles. The zero-order chi connectivity index (χ0) is 21.0. The molecule has 30 heavy (non-hydrogen) atoms. The van der Waals surface area contributed by atoms with Crippen molar-refractivity contribution in [1.29, 1.82) is 0 Å². The van der Waals surface area contributed by atoms with Crippen molar-refractivity contribution in [1.82, 2.24) is 9.55 Å². The number of aromatic nitrogens is 3. The molecule has 0 saturated heterocycles. The fourth-order valence-corrected chi connectivity index (χ4v) is 4.99. The van der Waals surface area contributed by atoms with Gasteiger partial charge in [-0.25, -0.2) is 9.55 Å². The highest BCUT2D eigenvalue weighted by Crippen LogP contribution is 2.33. The van der Waals surface area contributed by atoms with E-state index >= 15 is 0 Å². The van der Waals surface area contributed by atoms with Crippen molar-refractivity contribution in [2.75, 3.05) is 0 Å². The van der Waals surface area contributed by atoms with Crippen LogP contribution in [0, 0.1) is 6.92 Å². The number of para-hydroxylation sites is 2. The lowest BCUT2D eigenvalue weighted by Crippen LogP contribution is -2.30. The summed E-state index contributed by atoms with van der Waals surface area (Å²) in [5, 5.41) is 0. The number of hydrogen-bond donors (Lipinski definition) is 0. The molecule has 0 amide bonds. The Morgan fingerprint density at radius 1 is 0.967 bits per heavy atom. The quantitative estimate of drug-likeness (QED) is 0.310. The highest BCUT2D eigenvalue weighted by atomic mass is 32.1. The summed E-state index contributed by atoms with van der Waals surface area (Å²) >= 11 is 1.69. The van der Waals surface area contributed by atoms with Gasteiger partial charge in [0.05, 0.1) is 28.3 Å². The minimum Gasteiger partial charge on any atom is -0.245 e. The van der Waals surface area contributed by atoms with Crippen LogP contribution in [0.3, 0.4) is 0 Å². The van der Waals surface area contributed by atoms with Gasteiger partial charge in [0.25, 0.3) is 5.82 Å². The van der Waals surface area contributed by atoms with E-state index in [-0.39, 0.29) is 5.41 Å². The Labute approximate surface area is 181 Å². The third-order valence-corrected chi connectivity index (χ3v) is 6.72. The van der Waals surface area contributed by atoms with Crippen LogP contribution < -0.4 is 4.57 Å². The van der Waals surface area contributed by atoms with Gasteiger partial charge in [-0.3, -0.25) is 0 Å². The Bertz CT molecular complexity index is 1380. The van der Waals surface area contributed by atoms with Crippen molar-refractivity contribution in [3.8, 4) is 17.1 Å². The minimum atomic E-state index is 0.136. The maximum Gasteiger partial charge on any atom is 0.295 e. The molecule has 150 valence electrons. The fourth-order valence-electron chi connectivity index (χ4n) is 4.23. The Balaban J connectivity index is 1.82. The Morgan fingerprint density at radius 2 is 1.70 bits per heavy atom. The molecule has 4 heteroatoms. The summed E-state index contributed by atoms with van der Waals surface area (Å²) in [6.45, 7) is 8.96. The van der Waals surface area contributed by atoms with Gasteiger partial charge in [0.15, 0.2) is 11.0 Å². The molecule has 0 unspecified atom stereocenters. The van der Waals surface area contributed by atoms with E-state index in [0.29, 0.717) is 0 Å². The molecular formula is C26H26N3S+.